The Morgan fingerprint density at radius 1 is 1.44 bits per heavy atom. The van der Waals surface area contributed by atoms with Crippen molar-refractivity contribution in [3.8, 4) is 0 Å². The van der Waals surface area contributed by atoms with Crippen LogP contribution in [0.5, 0.6) is 0 Å². The Morgan fingerprint density at radius 2 is 2.06 bits per heavy atom. The van der Waals surface area contributed by atoms with Gasteiger partial charge in [0.2, 0.25) is 10.0 Å². The van der Waals surface area contributed by atoms with Gasteiger partial charge in [0.15, 0.2) is 0 Å². The number of hydrogen-bond donors (Lipinski definition) is 2. The molecule has 0 unspecified atom stereocenters. The molecule has 3 N–H and O–H groups in total. The molecule has 1 aromatic rings. The van der Waals surface area contributed by atoms with Crippen LogP contribution in [0.2, 0.25) is 5.02 Å². The number of nitrogens with one attached hydrogen (secondary N) is 1. The fourth-order valence-electron chi connectivity index (χ4n) is 1.40. The van der Waals surface area contributed by atoms with Gasteiger partial charge in [-0.2, -0.15) is 0 Å². The summed E-state index contributed by atoms with van der Waals surface area (Å²) in [7, 11) is -3.96. The van der Waals surface area contributed by atoms with Crippen molar-refractivity contribution in [2.24, 2.45) is 5.14 Å². The van der Waals surface area contributed by atoms with Crippen molar-refractivity contribution in [3.63, 3.8) is 0 Å². The summed E-state index contributed by atoms with van der Waals surface area (Å²) >= 11 is 5.68. The Kier molecular flexibility index (Phi) is 2.81. The largest absolute Gasteiger partial charge is 0.381 e. The van der Waals surface area contributed by atoms with Gasteiger partial charge in [0.05, 0.1) is 10.7 Å². The van der Waals surface area contributed by atoms with Gasteiger partial charge in [0.1, 0.15) is 10.7 Å². The molecule has 0 aliphatic heterocycles. The van der Waals surface area contributed by atoms with Crippen LogP contribution in [0.4, 0.5) is 10.1 Å². The third-order valence-corrected chi connectivity index (χ3v) is 3.65. The highest BCUT2D eigenvalue weighted by atomic mass is 35.5. The second-order valence-electron chi connectivity index (χ2n) is 3.73. The van der Waals surface area contributed by atoms with Crippen molar-refractivity contribution in [2.45, 2.75) is 23.8 Å². The molecule has 16 heavy (non-hydrogen) atoms. The molecule has 1 aliphatic carbocycles. The summed E-state index contributed by atoms with van der Waals surface area (Å²) < 4.78 is 35.7. The third-order valence-electron chi connectivity index (χ3n) is 2.23. The van der Waals surface area contributed by atoms with E-state index in [-0.39, 0.29) is 21.6 Å². The van der Waals surface area contributed by atoms with Gasteiger partial charge in [-0.25, -0.2) is 17.9 Å². The molecule has 0 bridgehead atoms. The average Bonchev–Trinajstić information content (AvgIpc) is 2.83. The summed E-state index contributed by atoms with van der Waals surface area (Å²) in [4.78, 5) is -0.248. The Hall–Kier alpha value is -0.850. The van der Waals surface area contributed by atoms with E-state index in [1.54, 1.807) is 0 Å². The first kappa shape index (κ1) is 11.6. The highest BCUT2D eigenvalue weighted by Crippen LogP contribution is 2.33. The van der Waals surface area contributed by atoms with E-state index in [1.165, 1.54) is 0 Å². The number of sulfonamides is 1. The highest BCUT2D eigenvalue weighted by Gasteiger charge is 2.26. The summed E-state index contributed by atoms with van der Waals surface area (Å²) in [5, 5.41) is 7.72. The van der Waals surface area contributed by atoms with Crippen LogP contribution in [-0.2, 0) is 10.0 Å². The molecule has 0 saturated heterocycles. The van der Waals surface area contributed by atoms with Crippen molar-refractivity contribution in [3.05, 3.63) is 23.0 Å². The SMILES string of the molecule is NS(=O)(=O)c1c(Cl)cc(F)cc1NC1CC1. The average molecular weight is 265 g/mol. The van der Waals surface area contributed by atoms with E-state index in [0.717, 1.165) is 25.0 Å². The van der Waals surface area contributed by atoms with Crippen LogP contribution in [-0.4, -0.2) is 14.5 Å². The molecule has 88 valence electrons. The van der Waals surface area contributed by atoms with Crippen LogP contribution in [0, 0.1) is 5.82 Å². The Morgan fingerprint density at radius 3 is 2.56 bits per heavy atom. The van der Waals surface area contributed by atoms with Crippen LogP contribution in [0.15, 0.2) is 17.0 Å². The number of nitrogens with two attached hydrogens (primary N) is 1. The predicted molar refractivity (Wildman–Crippen MR) is 59.4 cm³/mol. The van der Waals surface area contributed by atoms with E-state index in [1.807, 2.05) is 0 Å². The van der Waals surface area contributed by atoms with Crippen LogP contribution in [0.1, 0.15) is 12.8 Å². The fraction of sp³-hybridized carbons (Fsp3) is 0.333. The van der Waals surface area contributed by atoms with Crippen LogP contribution < -0.4 is 10.5 Å². The monoisotopic (exact) mass is 264 g/mol. The zero-order chi connectivity index (χ0) is 11.9. The Bertz CT molecular complexity index is 529. The summed E-state index contributed by atoms with van der Waals surface area (Å²) in [6.45, 7) is 0. The second-order valence-corrected chi connectivity index (χ2v) is 5.63. The van der Waals surface area contributed by atoms with Gasteiger partial charge in [-0.3, -0.25) is 0 Å². The normalized spacial score (nSPS) is 16.2. The maximum absolute atomic E-state index is 13.1. The Balaban J connectivity index is 2.54. The summed E-state index contributed by atoms with van der Waals surface area (Å²) in [5.41, 5.74) is 0.134. The van der Waals surface area contributed by atoms with Gasteiger partial charge in [-0.05, 0) is 25.0 Å². The molecule has 0 atom stereocenters. The maximum atomic E-state index is 13.1. The maximum Gasteiger partial charge on any atom is 0.241 e. The molecule has 0 radical (unpaired) electrons. The molecule has 2 rings (SSSR count). The second kappa shape index (κ2) is 3.87. The molecular weight excluding hydrogens is 255 g/mol. The van der Waals surface area contributed by atoms with Gasteiger partial charge in [-0.15, -0.1) is 0 Å². The van der Waals surface area contributed by atoms with Gasteiger partial charge < -0.3 is 5.32 Å². The first-order valence-corrected chi connectivity index (χ1v) is 6.59. The van der Waals surface area contributed by atoms with Crippen LogP contribution >= 0.6 is 11.6 Å². The van der Waals surface area contributed by atoms with Crippen LogP contribution in [0.25, 0.3) is 0 Å². The van der Waals surface area contributed by atoms with E-state index in [9.17, 15) is 12.8 Å². The first-order chi connectivity index (χ1) is 7.38. The van der Waals surface area contributed by atoms with E-state index in [2.05, 4.69) is 5.32 Å². The van der Waals surface area contributed by atoms with Crippen molar-refractivity contribution < 1.29 is 12.8 Å². The van der Waals surface area contributed by atoms with E-state index in [4.69, 9.17) is 16.7 Å². The summed E-state index contributed by atoms with van der Waals surface area (Å²) in [6.07, 6.45) is 1.86. The molecule has 0 heterocycles. The number of rotatable bonds is 3. The minimum atomic E-state index is -3.96. The van der Waals surface area contributed by atoms with Crippen LogP contribution in [0.3, 0.4) is 0 Å². The minimum Gasteiger partial charge on any atom is -0.381 e. The van der Waals surface area contributed by atoms with Gasteiger partial charge >= 0.3 is 0 Å². The van der Waals surface area contributed by atoms with Gasteiger partial charge in [-0.1, -0.05) is 11.6 Å². The minimum absolute atomic E-state index is 0.134. The Labute approximate surface area is 97.6 Å². The molecule has 1 fully saturated rings. The molecule has 0 aromatic heterocycles. The lowest BCUT2D eigenvalue weighted by atomic mass is 10.3. The lowest BCUT2D eigenvalue weighted by molar-refractivity contribution is 0.597. The number of primary sulfonamides is 1. The van der Waals surface area contributed by atoms with Crippen molar-refractivity contribution in [1.29, 1.82) is 0 Å². The number of anilines is 1. The molecular formula is C9H10ClFN2O2S. The topological polar surface area (TPSA) is 72.2 Å². The quantitative estimate of drug-likeness (QED) is 0.873. The predicted octanol–water partition coefficient (Wildman–Crippen LogP) is 1.70. The van der Waals surface area contributed by atoms with Crippen molar-refractivity contribution >= 4 is 27.3 Å². The first-order valence-electron chi connectivity index (χ1n) is 4.66. The zero-order valence-electron chi connectivity index (χ0n) is 8.20. The third kappa shape index (κ3) is 2.45. The number of halogens is 2. The van der Waals surface area contributed by atoms with Crippen molar-refractivity contribution in [2.75, 3.05) is 5.32 Å². The molecule has 0 spiro atoms. The van der Waals surface area contributed by atoms with E-state index < -0.39 is 15.8 Å². The molecule has 1 aliphatic rings. The van der Waals surface area contributed by atoms with E-state index in [0.29, 0.717) is 0 Å². The zero-order valence-corrected chi connectivity index (χ0v) is 9.78. The molecule has 0 amide bonds. The van der Waals surface area contributed by atoms with Gasteiger partial charge in [0, 0.05) is 6.04 Å². The highest BCUT2D eigenvalue weighted by molar-refractivity contribution is 7.89. The fourth-order valence-corrected chi connectivity index (χ4v) is 2.69. The lowest BCUT2D eigenvalue weighted by Gasteiger charge is -2.11. The summed E-state index contributed by atoms with van der Waals surface area (Å²) in [6, 6.07) is 2.20. The van der Waals surface area contributed by atoms with E-state index >= 15 is 0 Å². The lowest BCUT2D eigenvalue weighted by Crippen LogP contribution is -2.16. The number of benzene rings is 1. The number of hydrogen-bond acceptors (Lipinski definition) is 3. The van der Waals surface area contributed by atoms with Gasteiger partial charge in [0.25, 0.3) is 0 Å². The smallest absolute Gasteiger partial charge is 0.241 e. The van der Waals surface area contributed by atoms with Crippen molar-refractivity contribution in [1.82, 2.24) is 0 Å². The molecule has 1 aromatic carbocycles. The molecule has 4 nitrogen and oxygen atoms in total. The standard InChI is InChI=1S/C9H10ClFN2O2S/c10-7-3-5(11)4-8(13-6-1-2-6)9(7)16(12,14)15/h3-4,6,13H,1-2H2,(H2,12,14,15). The molecule has 7 heteroatoms. The summed E-state index contributed by atoms with van der Waals surface area (Å²) in [5.74, 6) is -0.597. The molecule has 1 saturated carbocycles.